The van der Waals surface area contributed by atoms with Gasteiger partial charge in [-0.2, -0.15) is 0 Å². The number of hydrogen-bond acceptors (Lipinski definition) is 3. The highest BCUT2D eigenvalue weighted by Crippen LogP contribution is 2.31. The Morgan fingerprint density at radius 3 is 2.71 bits per heavy atom. The molecule has 0 amide bonds. The maximum Gasteiger partial charge on any atom is 0.0613 e. The van der Waals surface area contributed by atoms with E-state index in [4.69, 9.17) is 0 Å². The lowest BCUT2D eigenvalue weighted by Crippen LogP contribution is -2.53. The number of hydrogen-bond donors (Lipinski definition) is 2. The van der Waals surface area contributed by atoms with Gasteiger partial charge in [-0.15, -0.1) is 11.3 Å². The minimum atomic E-state index is 0.0396. The zero-order valence-electron chi connectivity index (χ0n) is 8.55. The number of rotatable bonds is 4. The van der Waals surface area contributed by atoms with Gasteiger partial charge in [-0.05, 0) is 38.3 Å². The van der Waals surface area contributed by atoms with Crippen LogP contribution in [0.3, 0.4) is 0 Å². The van der Waals surface area contributed by atoms with E-state index in [1.165, 1.54) is 16.2 Å². The van der Waals surface area contributed by atoms with Crippen LogP contribution >= 0.6 is 11.3 Å². The first-order valence-corrected chi connectivity index (χ1v) is 5.97. The SMILES string of the molecule is Cc1ccc(CNC2(CO)CCC2)s1. The molecule has 0 atom stereocenters. The Bertz CT molecular complexity index is 298. The fourth-order valence-electron chi connectivity index (χ4n) is 1.85. The number of nitrogens with one attached hydrogen (secondary N) is 1. The molecule has 0 aliphatic heterocycles. The molecule has 0 bridgehead atoms. The van der Waals surface area contributed by atoms with Gasteiger partial charge in [0.05, 0.1) is 6.61 Å². The highest BCUT2D eigenvalue weighted by Gasteiger charge is 2.35. The molecule has 0 unspecified atom stereocenters. The Morgan fingerprint density at radius 1 is 1.50 bits per heavy atom. The normalized spacial score (nSPS) is 19.3. The molecule has 14 heavy (non-hydrogen) atoms. The second kappa shape index (κ2) is 4.01. The molecular formula is C11H17NOS. The molecule has 1 aromatic heterocycles. The van der Waals surface area contributed by atoms with Crippen LogP contribution < -0.4 is 5.32 Å². The molecule has 1 saturated carbocycles. The first kappa shape index (κ1) is 10.1. The van der Waals surface area contributed by atoms with Gasteiger partial charge < -0.3 is 10.4 Å². The summed E-state index contributed by atoms with van der Waals surface area (Å²) in [5.41, 5.74) is 0.0396. The van der Waals surface area contributed by atoms with Crippen molar-refractivity contribution in [1.29, 1.82) is 0 Å². The first-order chi connectivity index (χ1) is 6.74. The van der Waals surface area contributed by atoms with Gasteiger partial charge in [0.2, 0.25) is 0 Å². The Hall–Kier alpha value is -0.380. The molecule has 1 heterocycles. The molecule has 2 N–H and O–H groups in total. The highest BCUT2D eigenvalue weighted by atomic mass is 32.1. The molecule has 0 saturated heterocycles. The van der Waals surface area contributed by atoms with Crippen LogP contribution in [-0.4, -0.2) is 17.3 Å². The van der Waals surface area contributed by atoms with Gasteiger partial charge in [0, 0.05) is 21.8 Å². The lowest BCUT2D eigenvalue weighted by Gasteiger charge is -2.41. The van der Waals surface area contributed by atoms with Crippen LogP contribution in [0.25, 0.3) is 0 Å². The third kappa shape index (κ3) is 2.00. The highest BCUT2D eigenvalue weighted by molar-refractivity contribution is 7.11. The monoisotopic (exact) mass is 211 g/mol. The summed E-state index contributed by atoms with van der Waals surface area (Å²) in [6.45, 7) is 3.30. The third-order valence-electron chi connectivity index (χ3n) is 3.05. The summed E-state index contributed by atoms with van der Waals surface area (Å²) in [6.07, 6.45) is 3.48. The molecule has 1 aromatic rings. The first-order valence-electron chi connectivity index (χ1n) is 5.15. The van der Waals surface area contributed by atoms with Crippen molar-refractivity contribution < 1.29 is 5.11 Å². The maximum absolute atomic E-state index is 9.26. The van der Waals surface area contributed by atoms with Crippen LogP contribution in [0.2, 0.25) is 0 Å². The molecule has 2 nitrogen and oxygen atoms in total. The van der Waals surface area contributed by atoms with Crippen LogP contribution in [0.1, 0.15) is 29.0 Å². The van der Waals surface area contributed by atoms with E-state index in [-0.39, 0.29) is 12.1 Å². The van der Waals surface area contributed by atoms with Crippen LogP contribution in [0.4, 0.5) is 0 Å². The summed E-state index contributed by atoms with van der Waals surface area (Å²) < 4.78 is 0. The summed E-state index contributed by atoms with van der Waals surface area (Å²) >= 11 is 1.83. The summed E-state index contributed by atoms with van der Waals surface area (Å²) in [7, 11) is 0. The van der Waals surface area contributed by atoms with Gasteiger partial charge >= 0.3 is 0 Å². The summed E-state index contributed by atoms with van der Waals surface area (Å²) in [6, 6.07) is 4.31. The van der Waals surface area contributed by atoms with Crippen LogP contribution in [-0.2, 0) is 6.54 Å². The van der Waals surface area contributed by atoms with Crippen molar-refractivity contribution in [1.82, 2.24) is 5.32 Å². The van der Waals surface area contributed by atoms with Crippen molar-refractivity contribution in [2.24, 2.45) is 0 Å². The maximum atomic E-state index is 9.26. The van der Waals surface area contributed by atoms with Crippen LogP contribution in [0.5, 0.6) is 0 Å². The Kier molecular flexibility index (Phi) is 2.91. The average molecular weight is 211 g/mol. The van der Waals surface area contributed by atoms with Crippen LogP contribution in [0, 0.1) is 6.92 Å². The van der Waals surface area contributed by atoms with E-state index in [0.717, 1.165) is 19.4 Å². The summed E-state index contributed by atoms with van der Waals surface area (Å²) in [5.74, 6) is 0. The van der Waals surface area contributed by atoms with Gasteiger partial charge in [0.15, 0.2) is 0 Å². The Balaban J connectivity index is 1.87. The zero-order chi connectivity index (χ0) is 10.0. The van der Waals surface area contributed by atoms with E-state index in [0.29, 0.717) is 0 Å². The molecular weight excluding hydrogens is 194 g/mol. The smallest absolute Gasteiger partial charge is 0.0613 e. The largest absolute Gasteiger partial charge is 0.394 e. The van der Waals surface area contributed by atoms with E-state index in [9.17, 15) is 5.11 Å². The topological polar surface area (TPSA) is 32.3 Å². The predicted molar refractivity (Wildman–Crippen MR) is 59.6 cm³/mol. The zero-order valence-corrected chi connectivity index (χ0v) is 9.36. The van der Waals surface area contributed by atoms with E-state index < -0.39 is 0 Å². The molecule has 78 valence electrons. The minimum absolute atomic E-state index is 0.0396. The average Bonchev–Trinajstić information content (AvgIpc) is 2.50. The minimum Gasteiger partial charge on any atom is -0.394 e. The van der Waals surface area contributed by atoms with E-state index in [1.807, 2.05) is 11.3 Å². The quantitative estimate of drug-likeness (QED) is 0.799. The molecule has 1 aliphatic rings. The number of thiophene rings is 1. The van der Waals surface area contributed by atoms with Gasteiger partial charge in [-0.1, -0.05) is 0 Å². The standard InChI is InChI=1S/C11H17NOS/c1-9-3-4-10(14-9)7-12-11(8-13)5-2-6-11/h3-4,12-13H,2,5-8H2,1H3. The van der Waals surface area contributed by atoms with Crippen molar-refractivity contribution in [3.63, 3.8) is 0 Å². The Labute approximate surface area is 89.0 Å². The van der Waals surface area contributed by atoms with E-state index >= 15 is 0 Å². The molecule has 2 rings (SSSR count). The van der Waals surface area contributed by atoms with Gasteiger partial charge in [0.25, 0.3) is 0 Å². The summed E-state index contributed by atoms with van der Waals surface area (Å²) in [5, 5.41) is 12.7. The predicted octanol–water partition coefficient (Wildman–Crippen LogP) is 2.06. The lowest BCUT2D eigenvalue weighted by molar-refractivity contribution is 0.0875. The molecule has 3 heteroatoms. The lowest BCUT2D eigenvalue weighted by atomic mass is 9.77. The van der Waals surface area contributed by atoms with Crippen molar-refractivity contribution in [3.05, 3.63) is 21.9 Å². The van der Waals surface area contributed by atoms with Crippen LogP contribution in [0.15, 0.2) is 12.1 Å². The fourth-order valence-corrected chi connectivity index (χ4v) is 2.68. The van der Waals surface area contributed by atoms with Crippen molar-refractivity contribution in [3.8, 4) is 0 Å². The van der Waals surface area contributed by atoms with Gasteiger partial charge in [-0.25, -0.2) is 0 Å². The number of aryl methyl sites for hydroxylation is 1. The number of aliphatic hydroxyl groups is 1. The third-order valence-corrected chi connectivity index (χ3v) is 4.05. The molecule has 1 fully saturated rings. The molecule has 1 aliphatic carbocycles. The van der Waals surface area contributed by atoms with Gasteiger partial charge in [0.1, 0.15) is 0 Å². The van der Waals surface area contributed by atoms with Crippen molar-refractivity contribution >= 4 is 11.3 Å². The molecule has 0 spiro atoms. The van der Waals surface area contributed by atoms with Gasteiger partial charge in [-0.3, -0.25) is 0 Å². The van der Waals surface area contributed by atoms with E-state index in [1.54, 1.807) is 0 Å². The molecule has 0 radical (unpaired) electrons. The molecule has 0 aromatic carbocycles. The second-order valence-electron chi connectivity index (χ2n) is 4.16. The fraction of sp³-hybridized carbons (Fsp3) is 0.636. The summed E-state index contributed by atoms with van der Waals surface area (Å²) in [4.78, 5) is 2.72. The number of aliphatic hydroxyl groups excluding tert-OH is 1. The van der Waals surface area contributed by atoms with Crippen molar-refractivity contribution in [2.45, 2.75) is 38.3 Å². The second-order valence-corrected chi connectivity index (χ2v) is 5.53. The van der Waals surface area contributed by atoms with Crippen molar-refractivity contribution in [2.75, 3.05) is 6.61 Å². The van der Waals surface area contributed by atoms with E-state index in [2.05, 4.69) is 24.4 Å². The Morgan fingerprint density at radius 2 is 2.29 bits per heavy atom.